The van der Waals surface area contributed by atoms with E-state index in [1.807, 2.05) is 0 Å². The second-order valence-corrected chi connectivity index (χ2v) is 3.09. The second kappa shape index (κ2) is 3.51. The third-order valence-electron chi connectivity index (χ3n) is 2.12. The minimum absolute atomic E-state index is 0.118. The van der Waals surface area contributed by atoms with E-state index < -0.39 is 0 Å². The number of hydrogen-bond donors (Lipinski definition) is 0. The molecular weight excluding hydrogens is 168 g/mol. The van der Waals surface area contributed by atoms with Crippen LogP contribution in [0.3, 0.4) is 0 Å². The number of aromatic nitrogens is 2. The van der Waals surface area contributed by atoms with Gasteiger partial charge in [-0.2, -0.15) is 0 Å². The van der Waals surface area contributed by atoms with Gasteiger partial charge in [-0.1, -0.05) is 0 Å². The van der Waals surface area contributed by atoms with E-state index in [9.17, 15) is 4.79 Å². The minimum Gasteiger partial charge on any atom is -0.459 e. The molecule has 1 aliphatic rings. The van der Waals surface area contributed by atoms with E-state index in [1.165, 1.54) is 18.7 Å². The van der Waals surface area contributed by atoms with E-state index in [1.54, 1.807) is 0 Å². The van der Waals surface area contributed by atoms with Crippen molar-refractivity contribution in [3.8, 4) is 0 Å². The van der Waals surface area contributed by atoms with Crippen LogP contribution in [-0.4, -0.2) is 22.0 Å². The van der Waals surface area contributed by atoms with Gasteiger partial charge in [-0.05, 0) is 19.3 Å². The van der Waals surface area contributed by atoms with E-state index in [4.69, 9.17) is 4.74 Å². The Morgan fingerprint density at radius 3 is 2.62 bits per heavy atom. The summed E-state index contributed by atoms with van der Waals surface area (Å²) in [4.78, 5) is 18.8. The molecule has 1 aliphatic carbocycles. The molecule has 1 heterocycles. The highest BCUT2D eigenvalue weighted by Gasteiger charge is 2.22. The molecule has 0 radical (unpaired) electrons. The highest BCUT2D eigenvalue weighted by atomic mass is 16.5. The lowest BCUT2D eigenvalue weighted by Crippen LogP contribution is -2.25. The normalized spacial score (nSPS) is 16.3. The number of nitrogens with zero attached hydrogens (tertiary/aromatic N) is 2. The van der Waals surface area contributed by atoms with Gasteiger partial charge in [0.25, 0.3) is 0 Å². The molecule has 13 heavy (non-hydrogen) atoms. The molecule has 1 aromatic rings. The molecule has 0 aliphatic heterocycles. The molecule has 0 atom stereocenters. The van der Waals surface area contributed by atoms with Gasteiger partial charge in [0.15, 0.2) is 0 Å². The number of rotatable bonds is 2. The molecule has 1 fully saturated rings. The Morgan fingerprint density at radius 1 is 1.38 bits per heavy atom. The summed E-state index contributed by atoms with van der Waals surface area (Å²) >= 11 is 0. The smallest absolute Gasteiger partial charge is 0.341 e. The number of carbonyl (C=O) groups is 1. The summed E-state index contributed by atoms with van der Waals surface area (Å²) in [6, 6.07) is 0. The molecular formula is C9H10N2O2. The van der Waals surface area contributed by atoms with E-state index in [0.29, 0.717) is 5.56 Å². The zero-order chi connectivity index (χ0) is 9.10. The van der Waals surface area contributed by atoms with Crippen LogP contribution < -0.4 is 0 Å². The van der Waals surface area contributed by atoms with E-state index >= 15 is 0 Å². The lowest BCUT2D eigenvalue weighted by Gasteiger charge is -2.24. The summed E-state index contributed by atoms with van der Waals surface area (Å²) < 4.78 is 5.15. The van der Waals surface area contributed by atoms with Crippen molar-refractivity contribution < 1.29 is 9.53 Å². The fraction of sp³-hybridized carbons (Fsp3) is 0.444. The molecule has 0 unspecified atom stereocenters. The van der Waals surface area contributed by atoms with Gasteiger partial charge in [0, 0.05) is 12.4 Å². The van der Waals surface area contributed by atoms with Crippen LogP contribution in [0.2, 0.25) is 0 Å². The molecule has 1 aromatic heterocycles. The molecule has 0 aromatic carbocycles. The fourth-order valence-electron chi connectivity index (χ4n) is 1.11. The zero-order valence-electron chi connectivity index (χ0n) is 7.14. The molecule has 0 spiro atoms. The molecule has 2 rings (SSSR count). The first-order chi connectivity index (χ1) is 6.36. The minimum atomic E-state index is -0.315. The highest BCUT2D eigenvalue weighted by Crippen LogP contribution is 2.22. The van der Waals surface area contributed by atoms with Crippen LogP contribution >= 0.6 is 0 Å². The Hall–Kier alpha value is -1.45. The first kappa shape index (κ1) is 8.16. The van der Waals surface area contributed by atoms with Crippen LogP contribution in [0.1, 0.15) is 29.6 Å². The van der Waals surface area contributed by atoms with Gasteiger partial charge in [0.1, 0.15) is 12.4 Å². The first-order valence-electron chi connectivity index (χ1n) is 4.32. The number of ether oxygens (including phenoxy) is 1. The Labute approximate surface area is 76.0 Å². The van der Waals surface area contributed by atoms with Gasteiger partial charge >= 0.3 is 5.97 Å². The molecule has 4 heteroatoms. The Kier molecular flexibility index (Phi) is 2.21. The summed E-state index contributed by atoms with van der Waals surface area (Å²) in [5.41, 5.74) is 0.425. The third-order valence-corrected chi connectivity index (χ3v) is 2.12. The Morgan fingerprint density at radius 2 is 2.08 bits per heavy atom. The summed E-state index contributed by atoms with van der Waals surface area (Å²) in [7, 11) is 0. The van der Waals surface area contributed by atoms with Crippen molar-refractivity contribution in [1.82, 2.24) is 9.97 Å². The van der Waals surface area contributed by atoms with Crippen LogP contribution in [0.15, 0.2) is 18.7 Å². The predicted octanol–water partition coefficient (Wildman–Crippen LogP) is 1.19. The highest BCUT2D eigenvalue weighted by molar-refractivity contribution is 5.88. The molecule has 0 bridgehead atoms. The van der Waals surface area contributed by atoms with E-state index in [-0.39, 0.29) is 12.1 Å². The summed E-state index contributed by atoms with van der Waals surface area (Å²) in [5, 5.41) is 0. The summed E-state index contributed by atoms with van der Waals surface area (Å²) in [6.07, 6.45) is 7.57. The van der Waals surface area contributed by atoms with Gasteiger partial charge in [0.05, 0.1) is 5.56 Å². The largest absolute Gasteiger partial charge is 0.459 e. The average molecular weight is 178 g/mol. The van der Waals surface area contributed by atoms with Crippen LogP contribution in [0.25, 0.3) is 0 Å². The molecule has 68 valence electrons. The standard InChI is InChI=1S/C9H10N2O2/c12-9(13-8-2-1-3-8)7-4-10-6-11-5-7/h4-6,8H,1-3H2. The SMILES string of the molecule is O=C(OC1CCC1)c1cncnc1. The van der Waals surface area contributed by atoms with Crippen LogP contribution in [0, 0.1) is 0 Å². The quantitative estimate of drug-likeness (QED) is 0.638. The Balaban J connectivity index is 1.97. The number of esters is 1. The van der Waals surface area contributed by atoms with Gasteiger partial charge in [-0.25, -0.2) is 14.8 Å². The molecule has 0 N–H and O–H groups in total. The van der Waals surface area contributed by atoms with Crippen molar-refractivity contribution in [2.24, 2.45) is 0 Å². The lowest BCUT2D eigenvalue weighted by atomic mass is 9.96. The number of carbonyl (C=O) groups excluding carboxylic acids is 1. The average Bonchev–Trinajstić information content (AvgIpc) is 2.12. The molecule has 0 saturated heterocycles. The van der Waals surface area contributed by atoms with Gasteiger partial charge in [0.2, 0.25) is 0 Å². The fourth-order valence-corrected chi connectivity index (χ4v) is 1.11. The van der Waals surface area contributed by atoms with Crippen molar-refractivity contribution in [1.29, 1.82) is 0 Å². The van der Waals surface area contributed by atoms with Crippen molar-refractivity contribution in [3.05, 3.63) is 24.3 Å². The lowest BCUT2D eigenvalue weighted by molar-refractivity contribution is 0.00892. The van der Waals surface area contributed by atoms with E-state index in [0.717, 1.165) is 19.3 Å². The first-order valence-corrected chi connectivity index (χ1v) is 4.32. The maximum Gasteiger partial charge on any atom is 0.341 e. The molecule has 4 nitrogen and oxygen atoms in total. The predicted molar refractivity (Wildman–Crippen MR) is 45.1 cm³/mol. The van der Waals surface area contributed by atoms with E-state index in [2.05, 4.69) is 9.97 Å². The maximum absolute atomic E-state index is 11.3. The third kappa shape index (κ3) is 1.83. The van der Waals surface area contributed by atoms with Crippen LogP contribution in [0.5, 0.6) is 0 Å². The Bertz CT molecular complexity index is 296. The molecule has 0 amide bonds. The van der Waals surface area contributed by atoms with Crippen molar-refractivity contribution in [3.63, 3.8) is 0 Å². The van der Waals surface area contributed by atoms with Crippen molar-refractivity contribution in [2.45, 2.75) is 25.4 Å². The van der Waals surface area contributed by atoms with Crippen molar-refractivity contribution in [2.75, 3.05) is 0 Å². The second-order valence-electron chi connectivity index (χ2n) is 3.09. The monoisotopic (exact) mass is 178 g/mol. The molecule has 1 saturated carbocycles. The van der Waals surface area contributed by atoms with Gasteiger partial charge in [-0.15, -0.1) is 0 Å². The maximum atomic E-state index is 11.3. The number of hydrogen-bond acceptors (Lipinski definition) is 4. The zero-order valence-corrected chi connectivity index (χ0v) is 7.14. The van der Waals surface area contributed by atoms with Crippen LogP contribution in [-0.2, 0) is 4.74 Å². The summed E-state index contributed by atoms with van der Waals surface area (Å²) in [6.45, 7) is 0. The topological polar surface area (TPSA) is 52.1 Å². The van der Waals surface area contributed by atoms with Gasteiger partial charge < -0.3 is 4.74 Å². The van der Waals surface area contributed by atoms with Crippen molar-refractivity contribution >= 4 is 5.97 Å². The summed E-state index contributed by atoms with van der Waals surface area (Å²) in [5.74, 6) is -0.315. The van der Waals surface area contributed by atoms with Gasteiger partial charge in [-0.3, -0.25) is 0 Å². The van der Waals surface area contributed by atoms with Crippen LogP contribution in [0.4, 0.5) is 0 Å².